The van der Waals surface area contributed by atoms with Gasteiger partial charge in [-0.2, -0.15) is 0 Å². The molecule has 1 aliphatic carbocycles. The van der Waals surface area contributed by atoms with Gasteiger partial charge in [-0.3, -0.25) is 19.5 Å². The number of hydrogen-bond donors (Lipinski definition) is 1. The molecule has 1 saturated carbocycles. The third-order valence-corrected chi connectivity index (χ3v) is 6.38. The van der Waals surface area contributed by atoms with Gasteiger partial charge in [0.05, 0.1) is 12.2 Å². The molecule has 40 heavy (non-hydrogen) atoms. The molecule has 1 aromatic heterocycles. The van der Waals surface area contributed by atoms with E-state index in [-0.39, 0.29) is 43.0 Å². The molecule has 1 fully saturated rings. The second-order valence-corrected chi connectivity index (χ2v) is 12.4. The summed E-state index contributed by atoms with van der Waals surface area (Å²) in [6, 6.07) is 8.43. The van der Waals surface area contributed by atoms with Gasteiger partial charge in [-0.15, -0.1) is 0 Å². The number of benzene rings is 1. The zero-order chi connectivity index (χ0) is 29.5. The molecule has 0 saturated heterocycles. The molecule has 0 aliphatic heterocycles. The fourth-order valence-electron chi connectivity index (χ4n) is 4.21. The third kappa shape index (κ3) is 9.70. The van der Waals surface area contributed by atoms with Crippen LogP contribution in [0.4, 0.5) is 10.5 Å². The lowest BCUT2D eigenvalue weighted by Crippen LogP contribution is -2.47. The summed E-state index contributed by atoms with van der Waals surface area (Å²) >= 11 is 6.38. The highest BCUT2D eigenvalue weighted by Crippen LogP contribution is 2.29. The van der Waals surface area contributed by atoms with Crippen LogP contribution in [0, 0.1) is 0 Å². The van der Waals surface area contributed by atoms with Crippen molar-refractivity contribution in [1.29, 1.82) is 0 Å². The predicted octanol–water partition coefficient (Wildman–Crippen LogP) is 5.86. The van der Waals surface area contributed by atoms with E-state index in [1.165, 1.54) is 4.90 Å². The van der Waals surface area contributed by atoms with Crippen molar-refractivity contribution >= 4 is 35.2 Å². The van der Waals surface area contributed by atoms with E-state index in [0.717, 1.165) is 19.3 Å². The molecule has 218 valence electrons. The van der Waals surface area contributed by atoms with Gasteiger partial charge in [0, 0.05) is 47.5 Å². The van der Waals surface area contributed by atoms with Gasteiger partial charge in [-0.25, -0.2) is 4.79 Å². The number of aromatic nitrogens is 1. The Morgan fingerprint density at radius 1 is 1.02 bits per heavy atom. The lowest BCUT2D eigenvalue weighted by atomic mass is 9.90. The number of hydrogen-bond acceptors (Lipinski definition) is 6. The minimum absolute atomic E-state index is 0.0940. The summed E-state index contributed by atoms with van der Waals surface area (Å²) in [6.45, 7) is 11.9. The molecule has 0 bridgehead atoms. The Kier molecular flexibility index (Phi) is 10.4. The summed E-state index contributed by atoms with van der Waals surface area (Å²) < 4.78 is 11.5. The van der Waals surface area contributed by atoms with Crippen molar-refractivity contribution in [3.05, 3.63) is 53.3 Å². The molecule has 2 aromatic rings. The average molecular weight is 573 g/mol. The van der Waals surface area contributed by atoms with Gasteiger partial charge in [-0.1, -0.05) is 11.6 Å². The van der Waals surface area contributed by atoms with Crippen LogP contribution in [0.25, 0.3) is 0 Å². The summed E-state index contributed by atoms with van der Waals surface area (Å²) in [5.74, 6) is 0.130. The van der Waals surface area contributed by atoms with Gasteiger partial charge in [0.2, 0.25) is 5.91 Å². The number of anilines is 1. The second kappa shape index (κ2) is 13.4. The Morgan fingerprint density at radius 2 is 1.70 bits per heavy atom. The molecule has 10 heteroatoms. The molecule has 0 unspecified atom stereocenters. The number of halogens is 1. The van der Waals surface area contributed by atoms with Crippen molar-refractivity contribution in [2.24, 2.45) is 0 Å². The summed E-state index contributed by atoms with van der Waals surface area (Å²) in [4.78, 5) is 46.2. The first-order valence-electron chi connectivity index (χ1n) is 13.7. The Labute approximate surface area is 242 Å². The highest BCUT2D eigenvalue weighted by molar-refractivity contribution is 6.31. The maximum atomic E-state index is 13.6. The zero-order valence-electron chi connectivity index (χ0n) is 24.3. The number of pyridine rings is 1. The van der Waals surface area contributed by atoms with Crippen LogP contribution in [0.1, 0.15) is 77.6 Å². The maximum Gasteiger partial charge on any atom is 0.414 e. The van der Waals surface area contributed by atoms with Crippen molar-refractivity contribution in [2.45, 2.75) is 84.4 Å². The smallest absolute Gasteiger partial charge is 0.414 e. The molecule has 3 amide bonds. The highest BCUT2D eigenvalue weighted by atomic mass is 35.5. The summed E-state index contributed by atoms with van der Waals surface area (Å²) in [7, 11) is 0. The quantitative estimate of drug-likeness (QED) is 0.383. The van der Waals surface area contributed by atoms with E-state index < -0.39 is 11.7 Å². The predicted molar refractivity (Wildman–Crippen MR) is 156 cm³/mol. The van der Waals surface area contributed by atoms with E-state index in [9.17, 15) is 14.4 Å². The highest BCUT2D eigenvalue weighted by Gasteiger charge is 2.30. The normalized spacial score (nSPS) is 13.7. The SMILES string of the molecule is CC(C)(C)NC(=O)CCN(C(=O)c1cc(Cl)cc(OCCN(C(=O)OC(C)(C)C)c2ccncc2)c1)C1CCC1. The van der Waals surface area contributed by atoms with E-state index >= 15 is 0 Å². The van der Waals surface area contributed by atoms with Gasteiger partial charge in [0.1, 0.15) is 18.0 Å². The molecule has 0 spiro atoms. The molecule has 1 heterocycles. The lowest BCUT2D eigenvalue weighted by molar-refractivity contribution is -0.122. The van der Waals surface area contributed by atoms with Gasteiger partial charge in [-0.05, 0) is 91.1 Å². The second-order valence-electron chi connectivity index (χ2n) is 12.0. The Balaban J connectivity index is 1.70. The molecular formula is C30H41ClN4O5. The van der Waals surface area contributed by atoms with Crippen molar-refractivity contribution in [3.63, 3.8) is 0 Å². The van der Waals surface area contributed by atoms with Crippen LogP contribution in [-0.2, 0) is 9.53 Å². The van der Waals surface area contributed by atoms with Crippen LogP contribution in [0.5, 0.6) is 5.75 Å². The maximum absolute atomic E-state index is 13.6. The molecule has 1 aromatic carbocycles. The first-order chi connectivity index (χ1) is 18.7. The van der Waals surface area contributed by atoms with Crippen molar-refractivity contribution in [1.82, 2.24) is 15.2 Å². The lowest BCUT2D eigenvalue weighted by Gasteiger charge is -2.38. The number of carbonyl (C=O) groups excluding carboxylic acids is 3. The van der Waals surface area contributed by atoms with Gasteiger partial charge >= 0.3 is 6.09 Å². The Hall–Kier alpha value is -3.33. The van der Waals surface area contributed by atoms with Crippen LogP contribution in [0.3, 0.4) is 0 Å². The average Bonchev–Trinajstić information content (AvgIpc) is 2.80. The standard InChI is InChI=1S/C30H41ClN4O5/c1-29(2,3)33-26(36)12-15-34(23-8-7-9-23)27(37)21-18-22(31)20-25(19-21)39-17-16-35(24-10-13-32-14-11-24)28(38)40-30(4,5)6/h10-11,13-14,18-20,23H,7-9,12,15-17H2,1-6H3,(H,33,36). The third-order valence-electron chi connectivity index (χ3n) is 6.16. The van der Waals surface area contributed by atoms with Crippen LogP contribution in [0.15, 0.2) is 42.7 Å². The molecule has 3 rings (SSSR count). The summed E-state index contributed by atoms with van der Waals surface area (Å²) in [5.41, 5.74) is 0.0219. The fraction of sp³-hybridized carbons (Fsp3) is 0.533. The first-order valence-corrected chi connectivity index (χ1v) is 14.1. The first kappa shape index (κ1) is 31.2. The molecule has 9 nitrogen and oxygen atoms in total. The van der Waals surface area contributed by atoms with Crippen LogP contribution in [0.2, 0.25) is 5.02 Å². The molecule has 1 N–H and O–H groups in total. The van der Waals surface area contributed by atoms with E-state index in [2.05, 4.69) is 10.3 Å². The number of carbonyl (C=O) groups is 3. The minimum Gasteiger partial charge on any atom is -0.492 e. The molecule has 1 aliphatic rings. The van der Waals surface area contributed by atoms with E-state index in [0.29, 0.717) is 28.6 Å². The monoisotopic (exact) mass is 572 g/mol. The Morgan fingerprint density at radius 3 is 2.27 bits per heavy atom. The minimum atomic E-state index is -0.662. The number of rotatable bonds is 10. The molecule has 0 radical (unpaired) electrons. The summed E-state index contributed by atoms with van der Waals surface area (Å²) in [5, 5.41) is 3.31. The van der Waals surface area contributed by atoms with Crippen LogP contribution in [-0.4, -0.2) is 64.7 Å². The zero-order valence-corrected chi connectivity index (χ0v) is 25.1. The van der Waals surface area contributed by atoms with E-state index in [1.807, 2.05) is 20.8 Å². The van der Waals surface area contributed by atoms with Gasteiger partial charge in [0.25, 0.3) is 5.91 Å². The number of ether oxygens (including phenoxy) is 2. The number of amides is 3. The summed E-state index contributed by atoms with van der Waals surface area (Å²) in [6.07, 6.45) is 5.79. The van der Waals surface area contributed by atoms with Crippen molar-refractivity contribution in [2.75, 3.05) is 24.6 Å². The van der Waals surface area contributed by atoms with Crippen LogP contribution < -0.4 is 15.0 Å². The van der Waals surface area contributed by atoms with Crippen LogP contribution >= 0.6 is 11.6 Å². The van der Waals surface area contributed by atoms with Crippen molar-refractivity contribution < 1.29 is 23.9 Å². The molecule has 0 atom stereocenters. The van der Waals surface area contributed by atoms with E-state index in [4.69, 9.17) is 21.1 Å². The Bertz CT molecular complexity index is 1170. The fourth-order valence-corrected chi connectivity index (χ4v) is 4.43. The topological polar surface area (TPSA) is 101 Å². The van der Waals surface area contributed by atoms with Gasteiger partial charge < -0.3 is 19.7 Å². The van der Waals surface area contributed by atoms with E-state index in [1.54, 1.807) is 68.4 Å². The number of nitrogens with one attached hydrogen (secondary N) is 1. The number of nitrogens with zero attached hydrogens (tertiary/aromatic N) is 3. The van der Waals surface area contributed by atoms with Gasteiger partial charge in [0.15, 0.2) is 0 Å². The van der Waals surface area contributed by atoms with Crippen molar-refractivity contribution in [3.8, 4) is 5.75 Å². The molecular weight excluding hydrogens is 532 g/mol. The largest absolute Gasteiger partial charge is 0.492 e.